The molecule has 0 aromatic heterocycles. The zero-order valence-electron chi connectivity index (χ0n) is 12.9. The van der Waals surface area contributed by atoms with Gasteiger partial charge in [0.15, 0.2) is 0 Å². The van der Waals surface area contributed by atoms with Crippen LogP contribution in [-0.4, -0.2) is 24.8 Å². The Bertz CT molecular complexity index is 651. The maximum Gasteiger partial charge on any atom is 0.313 e. The van der Waals surface area contributed by atoms with Crippen molar-refractivity contribution in [1.29, 1.82) is 0 Å². The Morgan fingerprint density at radius 3 is 2.87 bits per heavy atom. The molecule has 4 nitrogen and oxygen atoms in total. The predicted molar refractivity (Wildman–Crippen MR) is 84.3 cm³/mol. The number of allylic oxidation sites excluding steroid dienone is 1. The summed E-state index contributed by atoms with van der Waals surface area (Å²) in [5.74, 6) is 0.632. The highest BCUT2D eigenvalue weighted by Crippen LogP contribution is 2.55. The topological polar surface area (TPSA) is 44.8 Å². The number of rotatable bonds is 4. The molecule has 1 aromatic carbocycles. The molecule has 1 saturated carbocycles. The minimum Gasteiger partial charge on any atom is -0.488 e. The van der Waals surface area contributed by atoms with Gasteiger partial charge < -0.3 is 14.2 Å². The van der Waals surface area contributed by atoms with Gasteiger partial charge >= 0.3 is 5.97 Å². The summed E-state index contributed by atoms with van der Waals surface area (Å²) in [6.45, 7) is 4.79. The molecule has 23 heavy (non-hydrogen) atoms. The van der Waals surface area contributed by atoms with Gasteiger partial charge in [0.2, 0.25) is 0 Å². The number of carbonyl (C=O) groups is 1. The predicted octanol–water partition coefficient (Wildman–Crippen LogP) is 2.99. The van der Waals surface area contributed by atoms with Crippen LogP contribution >= 0.6 is 0 Å². The zero-order chi connectivity index (χ0) is 15.9. The van der Waals surface area contributed by atoms with Crippen LogP contribution in [0.5, 0.6) is 0 Å². The highest BCUT2D eigenvalue weighted by atomic mass is 16.6. The SMILES string of the molecule is C=CC1=C[C@@H]2C(OCc3ccccc3)[C@@H](C[C@]23CCOC3=O)O1. The Morgan fingerprint density at radius 1 is 1.35 bits per heavy atom. The van der Waals surface area contributed by atoms with Gasteiger partial charge in [-0.05, 0) is 24.1 Å². The summed E-state index contributed by atoms with van der Waals surface area (Å²) < 4.78 is 17.4. The fourth-order valence-electron chi connectivity index (χ4n) is 4.06. The van der Waals surface area contributed by atoms with E-state index in [1.54, 1.807) is 6.08 Å². The van der Waals surface area contributed by atoms with E-state index >= 15 is 0 Å². The molecule has 0 N–H and O–H groups in total. The smallest absolute Gasteiger partial charge is 0.313 e. The van der Waals surface area contributed by atoms with E-state index in [1.165, 1.54) is 0 Å². The highest BCUT2D eigenvalue weighted by Gasteiger charge is 2.63. The second-order valence-electron chi connectivity index (χ2n) is 6.46. The highest BCUT2D eigenvalue weighted by molar-refractivity contribution is 5.80. The van der Waals surface area contributed by atoms with Crippen molar-refractivity contribution < 1.29 is 19.0 Å². The summed E-state index contributed by atoms with van der Waals surface area (Å²) in [5.41, 5.74) is 0.630. The summed E-state index contributed by atoms with van der Waals surface area (Å²) >= 11 is 0. The molecule has 120 valence electrons. The van der Waals surface area contributed by atoms with E-state index in [4.69, 9.17) is 14.2 Å². The largest absolute Gasteiger partial charge is 0.488 e. The number of hydrogen-bond acceptors (Lipinski definition) is 4. The average Bonchev–Trinajstić information content (AvgIpc) is 3.02. The molecule has 1 unspecified atom stereocenters. The van der Waals surface area contributed by atoms with Gasteiger partial charge in [0.25, 0.3) is 0 Å². The van der Waals surface area contributed by atoms with Crippen molar-refractivity contribution in [1.82, 2.24) is 0 Å². The first-order valence-corrected chi connectivity index (χ1v) is 8.06. The lowest BCUT2D eigenvalue weighted by atomic mass is 9.76. The van der Waals surface area contributed by atoms with Crippen LogP contribution in [0.4, 0.5) is 0 Å². The van der Waals surface area contributed by atoms with Gasteiger partial charge in [0, 0.05) is 12.3 Å². The maximum atomic E-state index is 12.4. The number of carbonyl (C=O) groups excluding carboxylic acids is 1. The summed E-state index contributed by atoms with van der Waals surface area (Å²) in [4.78, 5) is 12.4. The van der Waals surface area contributed by atoms with Crippen LogP contribution in [0.3, 0.4) is 0 Å². The average molecular weight is 312 g/mol. The fraction of sp³-hybridized carbons (Fsp3) is 0.421. The van der Waals surface area contributed by atoms with Crippen molar-refractivity contribution in [2.45, 2.75) is 31.7 Å². The van der Waals surface area contributed by atoms with Gasteiger partial charge in [-0.25, -0.2) is 0 Å². The standard InChI is InChI=1S/C19H20O4/c1-2-14-10-15-17(22-12-13-6-4-3-5-7-13)16(23-14)11-19(15)8-9-21-18(19)20/h2-7,10,15-17H,1,8-9,11-12H2/t15-,16-,17?,19-/m1/s1. The Balaban J connectivity index is 1.59. The second kappa shape index (κ2) is 5.53. The Morgan fingerprint density at radius 2 is 2.17 bits per heavy atom. The summed E-state index contributed by atoms with van der Waals surface area (Å²) in [6, 6.07) is 10.1. The quantitative estimate of drug-likeness (QED) is 0.802. The molecule has 1 spiro atoms. The van der Waals surface area contributed by atoms with Gasteiger partial charge in [-0.2, -0.15) is 0 Å². The van der Waals surface area contributed by atoms with Crippen LogP contribution in [0.1, 0.15) is 18.4 Å². The van der Waals surface area contributed by atoms with Crippen LogP contribution in [0.15, 0.2) is 54.8 Å². The van der Waals surface area contributed by atoms with Crippen LogP contribution in [0.25, 0.3) is 0 Å². The first-order valence-electron chi connectivity index (χ1n) is 8.06. The molecule has 0 radical (unpaired) electrons. The van der Waals surface area contributed by atoms with Crippen molar-refractivity contribution in [2.24, 2.45) is 11.3 Å². The van der Waals surface area contributed by atoms with Crippen molar-refractivity contribution in [3.63, 3.8) is 0 Å². The van der Waals surface area contributed by atoms with Crippen molar-refractivity contribution in [2.75, 3.05) is 6.61 Å². The number of esters is 1. The molecule has 2 fully saturated rings. The minimum absolute atomic E-state index is 0.00652. The number of ether oxygens (including phenoxy) is 3. The van der Waals surface area contributed by atoms with Gasteiger partial charge in [-0.15, -0.1) is 0 Å². The lowest BCUT2D eigenvalue weighted by Gasteiger charge is -2.31. The summed E-state index contributed by atoms with van der Waals surface area (Å²) in [5, 5.41) is 0. The lowest BCUT2D eigenvalue weighted by Crippen LogP contribution is -2.37. The molecule has 0 amide bonds. The Labute approximate surface area is 135 Å². The van der Waals surface area contributed by atoms with Crippen LogP contribution < -0.4 is 0 Å². The van der Waals surface area contributed by atoms with E-state index in [2.05, 4.69) is 6.58 Å². The molecule has 1 saturated heterocycles. The van der Waals surface area contributed by atoms with Crippen LogP contribution in [-0.2, 0) is 25.6 Å². The normalized spacial score (nSPS) is 34.9. The zero-order valence-corrected chi connectivity index (χ0v) is 12.9. The minimum atomic E-state index is -0.489. The summed E-state index contributed by atoms with van der Waals surface area (Å²) in [7, 11) is 0. The molecular weight excluding hydrogens is 292 g/mol. The molecule has 4 rings (SSSR count). The second-order valence-corrected chi connectivity index (χ2v) is 6.46. The van der Waals surface area contributed by atoms with E-state index < -0.39 is 5.41 Å². The molecular formula is C19H20O4. The van der Waals surface area contributed by atoms with E-state index in [0.717, 1.165) is 17.7 Å². The van der Waals surface area contributed by atoms with Gasteiger partial charge in [-0.3, -0.25) is 4.79 Å². The fourth-order valence-corrected chi connectivity index (χ4v) is 4.06. The van der Waals surface area contributed by atoms with E-state index in [-0.39, 0.29) is 24.1 Å². The van der Waals surface area contributed by atoms with Gasteiger partial charge in [0.05, 0.1) is 18.6 Å². The van der Waals surface area contributed by atoms with E-state index in [9.17, 15) is 4.79 Å². The maximum absolute atomic E-state index is 12.4. The molecule has 4 heteroatoms. The van der Waals surface area contributed by atoms with Gasteiger partial charge in [-0.1, -0.05) is 36.9 Å². The molecule has 1 aromatic rings. The molecule has 1 aliphatic carbocycles. The third-order valence-corrected chi connectivity index (χ3v) is 5.23. The summed E-state index contributed by atoms with van der Waals surface area (Å²) in [6.07, 6.45) is 4.86. The Hall–Kier alpha value is -2.07. The molecule has 2 bridgehead atoms. The molecule has 3 aliphatic rings. The number of cyclic esters (lactones) is 1. The first kappa shape index (κ1) is 14.5. The third-order valence-electron chi connectivity index (χ3n) is 5.23. The van der Waals surface area contributed by atoms with Crippen molar-refractivity contribution >= 4 is 5.97 Å². The van der Waals surface area contributed by atoms with E-state index in [0.29, 0.717) is 19.6 Å². The number of fused-ring (bicyclic) bond motifs is 3. The molecule has 2 heterocycles. The lowest BCUT2D eigenvalue weighted by molar-refractivity contribution is -0.148. The van der Waals surface area contributed by atoms with Crippen LogP contribution in [0.2, 0.25) is 0 Å². The first-order chi connectivity index (χ1) is 11.2. The molecule has 4 atom stereocenters. The van der Waals surface area contributed by atoms with Gasteiger partial charge in [0.1, 0.15) is 18.0 Å². The number of benzene rings is 1. The third kappa shape index (κ3) is 2.29. The number of hydrogen-bond donors (Lipinski definition) is 0. The van der Waals surface area contributed by atoms with Crippen molar-refractivity contribution in [3.8, 4) is 0 Å². The van der Waals surface area contributed by atoms with Crippen molar-refractivity contribution in [3.05, 3.63) is 60.4 Å². The monoisotopic (exact) mass is 312 g/mol. The Kier molecular flexibility index (Phi) is 3.49. The molecule has 2 aliphatic heterocycles. The van der Waals surface area contributed by atoms with E-state index in [1.807, 2.05) is 36.4 Å². The van der Waals surface area contributed by atoms with Crippen LogP contribution in [0, 0.1) is 11.3 Å².